The number of piperidine rings is 1. The predicted molar refractivity (Wildman–Crippen MR) is 111 cm³/mol. The number of rotatable bonds is 5. The molecule has 1 saturated heterocycles. The second-order valence-electron chi connectivity index (χ2n) is 8.23. The van der Waals surface area contributed by atoms with Crippen LogP contribution < -0.4 is 0 Å². The van der Waals surface area contributed by atoms with Gasteiger partial charge in [0.15, 0.2) is 0 Å². The standard InChI is InChI=1S/C23H28N2O2S/c1-4-22(2,3)19-10-12-21(13-11-19)28(26,27)25-16-14-23(18-24,15-17-25)20-8-6-5-7-9-20/h5-13H,4,14-17H2,1-3H3. The summed E-state index contributed by atoms with van der Waals surface area (Å²) in [5, 5.41) is 9.81. The van der Waals surface area contributed by atoms with Crippen molar-refractivity contribution in [2.75, 3.05) is 13.1 Å². The van der Waals surface area contributed by atoms with E-state index in [0.29, 0.717) is 30.8 Å². The van der Waals surface area contributed by atoms with Gasteiger partial charge in [-0.2, -0.15) is 9.57 Å². The summed E-state index contributed by atoms with van der Waals surface area (Å²) >= 11 is 0. The molecule has 0 N–H and O–H groups in total. The van der Waals surface area contributed by atoms with Crippen LogP contribution in [0.2, 0.25) is 0 Å². The molecule has 0 aliphatic carbocycles. The third kappa shape index (κ3) is 3.72. The van der Waals surface area contributed by atoms with Crippen LogP contribution in [-0.4, -0.2) is 25.8 Å². The Balaban J connectivity index is 1.79. The van der Waals surface area contributed by atoms with E-state index in [2.05, 4.69) is 26.8 Å². The molecule has 2 aromatic carbocycles. The lowest BCUT2D eigenvalue weighted by Gasteiger charge is -2.37. The molecular weight excluding hydrogens is 368 g/mol. The Morgan fingerprint density at radius 2 is 1.61 bits per heavy atom. The topological polar surface area (TPSA) is 61.2 Å². The van der Waals surface area contributed by atoms with Gasteiger partial charge in [-0.1, -0.05) is 63.2 Å². The second-order valence-corrected chi connectivity index (χ2v) is 10.2. The van der Waals surface area contributed by atoms with E-state index in [4.69, 9.17) is 0 Å². The van der Waals surface area contributed by atoms with Crippen LogP contribution in [0.3, 0.4) is 0 Å². The van der Waals surface area contributed by atoms with Crippen LogP contribution in [0.1, 0.15) is 51.2 Å². The lowest BCUT2D eigenvalue weighted by Crippen LogP contribution is -2.44. The van der Waals surface area contributed by atoms with Gasteiger partial charge in [0.25, 0.3) is 0 Å². The Kier molecular flexibility index (Phi) is 5.65. The number of nitrogens with zero attached hydrogens (tertiary/aromatic N) is 2. The van der Waals surface area contributed by atoms with Crippen molar-refractivity contribution >= 4 is 10.0 Å². The first-order chi connectivity index (χ1) is 13.2. The first-order valence-corrected chi connectivity index (χ1v) is 11.3. The van der Waals surface area contributed by atoms with Gasteiger partial charge in [-0.15, -0.1) is 0 Å². The zero-order chi connectivity index (χ0) is 20.4. The maximum absolute atomic E-state index is 13.1. The molecule has 0 aromatic heterocycles. The smallest absolute Gasteiger partial charge is 0.207 e. The zero-order valence-electron chi connectivity index (χ0n) is 16.9. The van der Waals surface area contributed by atoms with E-state index in [0.717, 1.165) is 17.5 Å². The summed E-state index contributed by atoms with van der Waals surface area (Å²) in [6.45, 7) is 7.16. The predicted octanol–water partition coefficient (Wildman–Crippen LogP) is 4.62. The average molecular weight is 397 g/mol. The Morgan fingerprint density at radius 3 is 2.11 bits per heavy atom. The summed E-state index contributed by atoms with van der Waals surface area (Å²) in [5.74, 6) is 0. The van der Waals surface area contributed by atoms with Crippen molar-refractivity contribution in [1.29, 1.82) is 5.26 Å². The average Bonchev–Trinajstić information content (AvgIpc) is 2.74. The lowest BCUT2D eigenvalue weighted by atomic mass is 9.74. The van der Waals surface area contributed by atoms with Crippen molar-refractivity contribution in [3.8, 4) is 6.07 Å². The molecule has 148 valence electrons. The van der Waals surface area contributed by atoms with Crippen LogP contribution in [-0.2, 0) is 20.9 Å². The van der Waals surface area contributed by atoms with Gasteiger partial charge >= 0.3 is 0 Å². The van der Waals surface area contributed by atoms with E-state index in [1.807, 2.05) is 42.5 Å². The van der Waals surface area contributed by atoms with Crippen LogP contribution in [0.5, 0.6) is 0 Å². The van der Waals surface area contributed by atoms with Crippen molar-refractivity contribution in [2.24, 2.45) is 0 Å². The summed E-state index contributed by atoms with van der Waals surface area (Å²) in [6.07, 6.45) is 2.00. The van der Waals surface area contributed by atoms with E-state index in [1.54, 1.807) is 12.1 Å². The maximum Gasteiger partial charge on any atom is 0.243 e. The van der Waals surface area contributed by atoms with Gasteiger partial charge < -0.3 is 0 Å². The van der Waals surface area contributed by atoms with E-state index < -0.39 is 15.4 Å². The summed E-state index contributed by atoms with van der Waals surface area (Å²) in [6, 6.07) is 19.4. The number of benzene rings is 2. The van der Waals surface area contributed by atoms with E-state index in [1.165, 1.54) is 4.31 Å². The van der Waals surface area contributed by atoms with Crippen LogP contribution in [0.25, 0.3) is 0 Å². The van der Waals surface area contributed by atoms with Gasteiger partial charge in [0.05, 0.1) is 16.4 Å². The fraction of sp³-hybridized carbons (Fsp3) is 0.435. The monoisotopic (exact) mass is 396 g/mol. The molecule has 1 aliphatic heterocycles. The summed E-state index contributed by atoms with van der Waals surface area (Å²) in [4.78, 5) is 0.326. The maximum atomic E-state index is 13.1. The molecule has 3 rings (SSSR count). The molecule has 0 unspecified atom stereocenters. The number of sulfonamides is 1. The quantitative estimate of drug-likeness (QED) is 0.741. The molecule has 0 atom stereocenters. The van der Waals surface area contributed by atoms with Crippen molar-refractivity contribution in [2.45, 2.75) is 55.8 Å². The molecule has 5 heteroatoms. The van der Waals surface area contributed by atoms with Gasteiger partial charge in [-0.3, -0.25) is 0 Å². The number of hydrogen-bond donors (Lipinski definition) is 0. The van der Waals surface area contributed by atoms with Gasteiger partial charge in [0.1, 0.15) is 0 Å². The first-order valence-electron chi connectivity index (χ1n) is 9.83. The number of hydrogen-bond acceptors (Lipinski definition) is 3. The van der Waals surface area contributed by atoms with E-state index >= 15 is 0 Å². The first kappa shape index (κ1) is 20.6. The van der Waals surface area contributed by atoms with Gasteiger partial charge in [0.2, 0.25) is 10.0 Å². The SMILES string of the molecule is CCC(C)(C)c1ccc(S(=O)(=O)N2CCC(C#N)(c3ccccc3)CC2)cc1. The van der Waals surface area contributed by atoms with Crippen LogP contribution >= 0.6 is 0 Å². The van der Waals surface area contributed by atoms with Gasteiger partial charge in [-0.25, -0.2) is 8.42 Å². The molecule has 0 saturated carbocycles. The minimum atomic E-state index is -3.55. The highest BCUT2D eigenvalue weighted by atomic mass is 32.2. The third-order valence-electron chi connectivity index (χ3n) is 6.27. The molecule has 1 aliphatic rings. The Morgan fingerprint density at radius 1 is 1.04 bits per heavy atom. The van der Waals surface area contributed by atoms with Crippen LogP contribution in [0.4, 0.5) is 0 Å². The zero-order valence-corrected chi connectivity index (χ0v) is 17.7. The molecule has 4 nitrogen and oxygen atoms in total. The van der Waals surface area contributed by atoms with Crippen molar-refractivity contribution < 1.29 is 8.42 Å². The van der Waals surface area contributed by atoms with Crippen molar-refractivity contribution in [3.05, 3.63) is 65.7 Å². The molecule has 1 heterocycles. The van der Waals surface area contributed by atoms with Crippen molar-refractivity contribution in [3.63, 3.8) is 0 Å². The molecule has 1 fully saturated rings. The highest BCUT2D eigenvalue weighted by Gasteiger charge is 2.40. The van der Waals surface area contributed by atoms with Gasteiger partial charge in [0, 0.05) is 13.1 Å². The minimum Gasteiger partial charge on any atom is -0.207 e. The normalized spacial score (nSPS) is 17.8. The molecule has 0 amide bonds. The Hall–Kier alpha value is -2.16. The highest BCUT2D eigenvalue weighted by molar-refractivity contribution is 7.89. The molecule has 28 heavy (non-hydrogen) atoms. The highest BCUT2D eigenvalue weighted by Crippen LogP contribution is 2.36. The largest absolute Gasteiger partial charge is 0.243 e. The minimum absolute atomic E-state index is 0.0233. The van der Waals surface area contributed by atoms with E-state index in [-0.39, 0.29) is 5.41 Å². The fourth-order valence-corrected chi connectivity index (χ4v) is 5.20. The van der Waals surface area contributed by atoms with Crippen molar-refractivity contribution in [1.82, 2.24) is 4.31 Å². The lowest BCUT2D eigenvalue weighted by molar-refractivity contribution is 0.277. The summed E-state index contributed by atoms with van der Waals surface area (Å²) < 4.78 is 27.7. The summed E-state index contributed by atoms with van der Waals surface area (Å²) in [7, 11) is -3.55. The van der Waals surface area contributed by atoms with Crippen LogP contribution in [0.15, 0.2) is 59.5 Å². The van der Waals surface area contributed by atoms with E-state index in [9.17, 15) is 13.7 Å². The Labute approximate surface area is 168 Å². The molecule has 0 radical (unpaired) electrons. The second kappa shape index (κ2) is 7.69. The fourth-order valence-electron chi connectivity index (χ4n) is 3.76. The molecule has 2 aromatic rings. The van der Waals surface area contributed by atoms with Crippen LogP contribution in [0, 0.1) is 11.3 Å². The molecule has 0 bridgehead atoms. The third-order valence-corrected chi connectivity index (χ3v) is 8.19. The Bertz CT molecular complexity index is 950. The molecule has 0 spiro atoms. The summed E-state index contributed by atoms with van der Waals surface area (Å²) in [5.41, 5.74) is 1.53. The molecular formula is C23H28N2O2S. The van der Waals surface area contributed by atoms with Gasteiger partial charge in [-0.05, 0) is 47.9 Å². The number of nitriles is 1.